The molecule has 35 heavy (non-hydrogen) atoms. The Morgan fingerprint density at radius 3 is 2.54 bits per heavy atom. The molecule has 2 aromatic heterocycles. The van der Waals surface area contributed by atoms with Gasteiger partial charge in [-0.05, 0) is 67.9 Å². The van der Waals surface area contributed by atoms with Gasteiger partial charge in [-0.15, -0.1) is 0 Å². The summed E-state index contributed by atoms with van der Waals surface area (Å²) in [4.78, 5) is 12.6. The molecule has 0 aliphatic rings. The van der Waals surface area contributed by atoms with Crippen LogP contribution in [0.1, 0.15) is 35.7 Å². The molecule has 0 aliphatic heterocycles. The molecule has 1 N–H and O–H groups in total. The monoisotopic (exact) mass is 539 g/mol. The Morgan fingerprint density at radius 2 is 1.77 bits per heavy atom. The van der Waals surface area contributed by atoms with Gasteiger partial charge in [-0.2, -0.15) is 5.10 Å². The molecule has 1 amide bonds. The molecule has 0 saturated heterocycles. The maximum atomic E-state index is 12.6. The van der Waals surface area contributed by atoms with Crippen molar-refractivity contribution in [3.05, 3.63) is 88.5 Å². The zero-order valence-electron chi connectivity index (χ0n) is 19.5. The van der Waals surface area contributed by atoms with E-state index in [-0.39, 0.29) is 18.3 Å². The molecule has 0 saturated carbocycles. The molecule has 8 nitrogen and oxygen atoms in total. The Labute approximate surface area is 211 Å². The van der Waals surface area contributed by atoms with Gasteiger partial charge in [-0.25, -0.2) is 0 Å². The van der Waals surface area contributed by atoms with Crippen LogP contribution in [0.5, 0.6) is 17.2 Å². The van der Waals surface area contributed by atoms with Crippen LogP contribution in [0, 0.1) is 0 Å². The van der Waals surface area contributed by atoms with Crippen LogP contribution in [0.4, 0.5) is 5.69 Å². The Kier molecular flexibility index (Phi) is 8.10. The van der Waals surface area contributed by atoms with Crippen LogP contribution in [0.3, 0.4) is 0 Å². The highest BCUT2D eigenvalue weighted by Crippen LogP contribution is 2.29. The van der Waals surface area contributed by atoms with E-state index < -0.39 is 0 Å². The van der Waals surface area contributed by atoms with Gasteiger partial charge in [0.15, 0.2) is 17.3 Å². The number of furan rings is 1. The smallest absolute Gasteiger partial charge is 0.291 e. The average molecular weight is 540 g/mol. The van der Waals surface area contributed by atoms with E-state index in [0.29, 0.717) is 48.5 Å². The second-order valence-corrected chi connectivity index (χ2v) is 8.45. The first-order valence-electron chi connectivity index (χ1n) is 11.2. The summed E-state index contributed by atoms with van der Waals surface area (Å²) in [6, 6.07) is 16.6. The van der Waals surface area contributed by atoms with Crippen molar-refractivity contribution in [2.24, 2.45) is 0 Å². The van der Waals surface area contributed by atoms with Crippen LogP contribution in [0.25, 0.3) is 0 Å². The van der Waals surface area contributed by atoms with E-state index >= 15 is 0 Å². The number of rotatable bonds is 11. The molecule has 0 aliphatic carbocycles. The molecular weight excluding hydrogens is 514 g/mol. The highest BCUT2D eigenvalue weighted by molar-refractivity contribution is 9.10. The SMILES string of the molecule is CCOc1ccc(Cn2cc(NC(=O)c3ccc(COc4ccc(Br)cc4)o3)cn2)cc1OCC. The van der Waals surface area contributed by atoms with E-state index in [0.717, 1.165) is 10.0 Å². The lowest BCUT2D eigenvalue weighted by Crippen LogP contribution is -2.10. The first kappa shape index (κ1) is 24.4. The van der Waals surface area contributed by atoms with E-state index in [1.807, 2.05) is 56.3 Å². The quantitative estimate of drug-likeness (QED) is 0.254. The number of nitrogens with zero attached hydrogens (tertiary/aromatic N) is 2. The molecule has 9 heteroatoms. The third-order valence-electron chi connectivity index (χ3n) is 4.92. The molecule has 2 aromatic carbocycles. The molecule has 0 unspecified atom stereocenters. The van der Waals surface area contributed by atoms with Gasteiger partial charge < -0.3 is 23.9 Å². The van der Waals surface area contributed by atoms with Gasteiger partial charge in [-0.3, -0.25) is 9.48 Å². The number of hydrogen-bond donors (Lipinski definition) is 1. The first-order valence-corrected chi connectivity index (χ1v) is 12.0. The average Bonchev–Trinajstić information content (AvgIpc) is 3.50. The van der Waals surface area contributed by atoms with Crippen molar-refractivity contribution in [1.29, 1.82) is 0 Å². The van der Waals surface area contributed by atoms with Gasteiger partial charge in [0.2, 0.25) is 0 Å². The number of hydrogen-bond acceptors (Lipinski definition) is 6. The lowest BCUT2D eigenvalue weighted by Gasteiger charge is -2.12. The number of anilines is 1. The second kappa shape index (κ2) is 11.6. The van der Waals surface area contributed by atoms with Crippen LogP contribution >= 0.6 is 15.9 Å². The molecule has 0 bridgehead atoms. The molecular formula is C26H26BrN3O5. The second-order valence-electron chi connectivity index (χ2n) is 7.54. The summed E-state index contributed by atoms with van der Waals surface area (Å²) in [7, 11) is 0. The number of carbonyl (C=O) groups is 1. The molecule has 182 valence electrons. The Bertz CT molecular complexity index is 1270. The highest BCUT2D eigenvalue weighted by Gasteiger charge is 2.14. The minimum atomic E-state index is -0.362. The number of carbonyl (C=O) groups excluding carboxylic acids is 1. The number of amides is 1. The summed E-state index contributed by atoms with van der Waals surface area (Å²) in [5.74, 6) is 2.51. The predicted molar refractivity (Wildman–Crippen MR) is 135 cm³/mol. The molecule has 0 atom stereocenters. The van der Waals surface area contributed by atoms with E-state index in [1.165, 1.54) is 0 Å². The lowest BCUT2D eigenvalue weighted by atomic mass is 10.2. The number of benzene rings is 2. The third kappa shape index (κ3) is 6.66. The van der Waals surface area contributed by atoms with Crippen molar-refractivity contribution in [1.82, 2.24) is 9.78 Å². The number of nitrogens with one attached hydrogen (secondary N) is 1. The molecule has 0 fully saturated rings. The van der Waals surface area contributed by atoms with Crippen molar-refractivity contribution in [3.8, 4) is 17.2 Å². The van der Waals surface area contributed by atoms with Crippen molar-refractivity contribution >= 4 is 27.5 Å². The summed E-state index contributed by atoms with van der Waals surface area (Å²) in [5.41, 5.74) is 1.56. The number of halogens is 1. The lowest BCUT2D eigenvalue weighted by molar-refractivity contribution is 0.0992. The van der Waals surface area contributed by atoms with Gasteiger partial charge in [0.1, 0.15) is 18.1 Å². The summed E-state index contributed by atoms with van der Waals surface area (Å²) < 4.78 is 25.3. The van der Waals surface area contributed by atoms with Gasteiger partial charge in [-0.1, -0.05) is 22.0 Å². The fraction of sp³-hybridized carbons (Fsp3) is 0.231. The van der Waals surface area contributed by atoms with Crippen LogP contribution in [0.2, 0.25) is 0 Å². The van der Waals surface area contributed by atoms with Gasteiger partial charge in [0.05, 0.1) is 31.6 Å². The zero-order valence-corrected chi connectivity index (χ0v) is 21.1. The van der Waals surface area contributed by atoms with Crippen LogP contribution < -0.4 is 19.5 Å². The summed E-state index contributed by atoms with van der Waals surface area (Å²) >= 11 is 3.39. The topological polar surface area (TPSA) is 87.8 Å². The predicted octanol–water partition coefficient (Wildman–Crippen LogP) is 5.92. The number of ether oxygens (including phenoxy) is 3. The molecule has 4 aromatic rings. The molecule has 0 radical (unpaired) electrons. The van der Waals surface area contributed by atoms with Gasteiger partial charge in [0, 0.05) is 10.7 Å². The standard InChI is InChI=1S/C26H26BrN3O5/c1-3-32-23-11-5-18(13-25(23)33-4-2)15-30-16-20(14-28-30)29-26(31)24-12-10-22(35-24)17-34-21-8-6-19(27)7-9-21/h5-14,16H,3-4,15,17H2,1-2H3,(H,29,31). The van der Waals surface area contributed by atoms with E-state index in [4.69, 9.17) is 18.6 Å². The molecule has 4 rings (SSSR count). The maximum Gasteiger partial charge on any atom is 0.291 e. The normalized spacial score (nSPS) is 10.7. The highest BCUT2D eigenvalue weighted by atomic mass is 79.9. The van der Waals surface area contributed by atoms with Crippen LogP contribution in [-0.2, 0) is 13.2 Å². The fourth-order valence-corrected chi connectivity index (χ4v) is 3.62. The van der Waals surface area contributed by atoms with Crippen molar-refractivity contribution in [2.75, 3.05) is 18.5 Å². The largest absolute Gasteiger partial charge is 0.490 e. The zero-order chi connectivity index (χ0) is 24.6. The van der Waals surface area contributed by atoms with Crippen molar-refractivity contribution < 1.29 is 23.4 Å². The van der Waals surface area contributed by atoms with E-state index in [2.05, 4.69) is 26.3 Å². The van der Waals surface area contributed by atoms with E-state index in [1.54, 1.807) is 29.2 Å². The third-order valence-corrected chi connectivity index (χ3v) is 5.45. The minimum Gasteiger partial charge on any atom is -0.490 e. The fourth-order valence-electron chi connectivity index (χ4n) is 3.35. The van der Waals surface area contributed by atoms with Crippen molar-refractivity contribution in [3.63, 3.8) is 0 Å². The number of aromatic nitrogens is 2. The summed E-state index contributed by atoms with van der Waals surface area (Å²) in [6.07, 6.45) is 3.35. The van der Waals surface area contributed by atoms with Gasteiger partial charge >= 0.3 is 0 Å². The minimum absolute atomic E-state index is 0.194. The van der Waals surface area contributed by atoms with Crippen LogP contribution in [0.15, 0.2) is 75.9 Å². The first-order chi connectivity index (χ1) is 17.0. The summed E-state index contributed by atoms with van der Waals surface area (Å²) in [6.45, 7) is 5.72. The molecule has 0 spiro atoms. The van der Waals surface area contributed by atoms with Crippen molar-refractivity contribution in [2.45, 2.75) is 27.0 Å². The van der Waals surface area contributed by atoms with Crippen LogP contribution in [-0.4, -0.2) is 28.9 Å². The Balaban J connectivity index is 1.33. The van der Waals surface area contributed by atoms with E-state index in [9.17, 15) is 4.79 Å². The summed E-state index contributed by atoms with van der Waals surface area (Å²) in [5, 5.41) is 7.15. The Morgan fingerprint density at radius 1 is 1.00 bits per heavy atom. The maximum absolute atomic E-state index is 12.6. The molecule has 2 heterocycles. The van der Waals surface area contributed by atoms with Gasteiger partial charge in [0.25, 0.3) is 5.91 Å². The Hall–Kier alpha value is -3.72.